The van der Waals surface area contributed by atoms with Crippen molar-refractivity contribution in [3.05, 3.63) is 72.1 Å². The van der Waals surface area contributed by atoms with Gasteiger partial charge in [-0.2, -0.15) is 0 Å². The standard InChI is InChI=1S/C23H25N5O4/c29-20-8-9-21(30)28(20)19(7-6-17-4-2-1-3-5-17)16-26-10-12-27(13-11-26)23-24-14-18(15-25-23)22(31)32/h1-9,14-15,19,29-30H,10-13,16H2,(H,31,32). The van der Waals surface area contributed by atoms with Crippen LogP contribution in [0.5, 0.6) is 11.8 Å². The number of piperazine rings is 1. The largest absolute Gasteiger partial charge is 0.494 e. The Morgan fingerprint density at radius 3 is 2.19 bits per heavy atom. The third-order valence-electron chi connectivity index (χ3n) is 5.50. The number of carboxylic acids is 1. The van der Waals surface area contributed by atoms with E-state index >= 15 is 0 Å². The van der Waals surface area contributed by atoms with Gasteiger partial charge >= 0.3 is 5.97 Å². The Bertz CT molecular complexity index is 1050. The van der Waals surface area contributed by atoms with Crippen molar-refractivity contribution in [2.75, 3.05) is 37.6 Å². The van der Waals surface area contributed by atoms with Crippen molar-refractivity contribution >= 4 is 18.0 Å². The molecule has 4 rings (SSSR count). The van der Waals surface area contributed by atoms with Gasteiger partial charge in [0.2, 0.25) is 5.95 Å². The van der Waals surface area contributed by atoms with Crippen molar-refractivity contribution < 1.29 is 20.1 Å². The van der Waals surface area contributed by atoms with Crippen molar-refractivity contribution in [1.82, 2.24) is 19.4 Å². The van der Waals surface area contributed by atoms with Crippen LogP contribution in [0.2, 0.25) is 0 Å². The van der Waals surface area contributed by atoms with E-state index in [0.717, 1.165) is 18.7 Å². The SMILES string of the molecule is O=C(O)c1cnc(N2CCN(CC(C=Cc3ccccc3)n3c(O)ccc3O)CC2)nc1. The number of aromatic nitrogens is 3. The van der Waals surface area contributed by atoms with Gasteiger partial charge in [0.05, 0.1) is 11.6 Å². The molecule has 2 aromatic heterocycles. The summed E-state index contributed by atoms with van der Waals surface area (Å²) in [7, 11) is 0. The fourth-order valence-corrected chi connectivity index (χ4v) is 3.77. The zero-order valence-electron chi connectivity index (χ0n) is 17.4. The predicted molar refractivity (Wildman–Crippen MR) is 120 cm³/mol. The van der Waals surface area contributed by atoms with Crippen LogP contribution in [0.15, 0.2) is 60.9 Å². The zero-order chi connectivity index (χ0) is 22.5. The van der Waals surface area contributed by atoms with Gasteiger partial charge in [-0.1, -0.05) is 42.5 Å². The molecule has 0 spiro atoms. The minimum Gasteiger partial charge on any atom is -0.494 e. The van der Waals surface area contributed by atoms with Crippen molar-refractivity contribution in [2.45, 2.75) is 6.04 Å². The molecular formula is C23H25N5O4. The van der Waals surface area contributed by atoms with Crippen molar-refractivity contribution in [3.8, 4) is 11.8 Å². The van der Waals surface area contributed by atoms with Gasteiger partial charge in [0, 0.05) is 57.3 Å². The number of hydrogen-bond donors (Lipinski definition) is 3. The summed E-state index contributed by atoms with van der Waals surface area (Å²) < 4.78 is 1.51. The smallest absolute Gasteiger partial charge is 0.338 e. The van der Waals surface area contributed by atoms with Gasteiger partial charge < -0.3 is 20.2 Å². The predicted octanol–water partition coefficient (Wildman–Crippen LogP) is 2.46. The second-order valence-electron chi connectivity index (χ2n) is 7.62. The topological polar surface area (TPSA) is 115 Å². The highest BCUT2D eigenvalue weighted by Gasteiger charge is 2.23. The molecule has 0 amide bonds. The van der Waals surface area contributed by atoms with E-state index in [-0.39, 0.29) is 23.4 Å². The quantitative estimate of drug-likeness (QED) is 0.519. The van der Waals surface area contributed by atoms with Crippen LogP contribution in [0.4, 0.5) is 5.95 Å². The number of carboxylic acid groups (broad SMARTS) is 1. The minimum absolute atomic E-state index is 0.00997. The molecule has 0 aliphatic carbocycles. The number of benzene rings is 1. The van der Waals surface area contributed by atoms with E-state index in [9.17, 15) is 15.0 Å². The first-order valence-corrected chi connectivity index (χ1v) is 10.4. The molecule has 0 saturated carbocycles. The maximum absolute atomic E-state index is 11.0. The molecule has 1 atom stereocenters. The number of anilines is 1. The third-order valence-corrected chi connectivity index (χ3v) is 5.50. The average molecular weight is 435 g/mol. The zero-order valence-corrected chi connectivity index (χ0v) is 17.4. The summed E-state index contributed by atoms with van der Waals surface area (Å²) >= 11 is 0. The number of aromatic hydroxyl groups is 2. The Morgan fingerprint density at radius 1 is 0.969 bits per heavy atom. The van der Waals surface area contributed by atoms with Crippen molar-refractivity contribution in [1.29, 1.82) is 0 Å². The maximum Gasteiger partial charge on any atom is 0.338 e. The number of carbonyl (C=O) groups is 1. The maximum atomic E-state index is 11.0. The Labute approximate surface area is 185 Å². The molecule has 1 saturated heterocycles. The first-order valence-electron chi connectivity index (χ1n) is 10.4. The first-order chi connectivity index (χ1) is 15.5. The van der Waals surface area contributed by atoms with Crippen LogP contribution in [-0.2, 0) is 0 Å². The van der Waals surface area contributed by atoms with Crippen molar-refractivity contribution in [3.63, 3.8) is 0 Å². The normalized spacial score (nSPS) is 15.8. The van der Waals surface area contributed by atoms with E-state index in [2.05, 4.69) is 14.9 Å². The van der Waals surface area contributed by atoms with Gasteiger partial charge in [0.25, 0.3) is 0 Å². The molecule has 0 bridgehead atoms. The number of aromatic carboxylic acids is 1. The lowest BCUT2D eigenvalue weighted by atomic mass is 10.1. The van der Waals surface area contributed by atoms with Crippen LogP contribution >= 0.6 is 0 Å². The lowest BCUT2D eigenvalue weighted by molar-refractivity contribution is 0.0696. The summed E-state index contributed by atoms with van der Waals surface area (Å²) in [5, 5.41) is 29.5. The molecule has 3 aromatic rings. The molecule has 166 valence electrons. The molecule has 32 heavy (non-hydrogen) atoms. The number of rotatable bonds is 7. The molecule has 1 aromatic carbocycles. The van der Waals surface area contributed by atoms with Crippen LogP contribution < -0.4 is 4.90 Å². The summed E-state index contributed by atoms with van der Waals surface area (Å²) in [6.07, 6.45) is 6.60. The molecule has 3 heterocycles. The Kier molecular flexibility index (Phi) is 6.37. The van der Waals surface area contributed by atoms with Gasteiger partial charge in [-0.05, 0) is 5.56 Å². The third kappa shape index (κ3) is 4.89. The summed E-state index contributed by atoms with van der Waals surface area (Å²) in [6.45, 7) is 3.45. The van der Waals surface area contributed by atoms with Crippen LogP contribution in [0, 0.1) is 0 Å². The summed E-state index contributed by atoms with van der Waals surface area (Å²) in [5.74, 6) is -0.519. The second kappa shape index (κ2) is 9.52. The van der Waals surface area contributed by atoms with Crippen LogP contribution in [0.1, 0.15) is 22.0 Å². The Balaban J connectivity index is 1.44. The van der Waals surface area contributed by atoms with Gasteiger partial charge in [-0.3, -0.25) is 9.47 Å². The van der Waals surface area contributed by atoms with E-state index in [1.165, 1.54) is 29.1 Å². The molecular weight excluding hydrogens is 410 g/mol. The van der Waals surface area contributed by atoms with Gasteiger partial charge in [0.1, 0.15) is 0 Å². The van der Waals surface area contributed by atoms with Crippen LogP contribution in [0.25, 0.3) is 6.08 Å². The fraction of sp³-hybridized carbons (Fsp3) is 0.261. The van der Waals surface area contributed by atoms with E-state index in [0.29, 0.717) is 25.6 Å². The lowest BCUT2D eigenvalue weighted by Gasteiger charge is -2.36. The highest BCUT2D eigenvalue weighted by atomic mass is 16.4. The van der Waals surface area contributed by atoms with Crippen molar-refractivity contribution in [2.24, 2.45) is 0 Å². The highest BCUT2D eigenvalue weighted by Crippen LogP contribution is 2.29. The first kappa shape index (κ1) is 21.4. The molecule has 1 aliphatic heterocycles. The fourth-order valence-electron chi connectivity index (χ4n) is 3.77. The van der Waals surface area contributed by atoms with Gasteiger partial charge in [-0.25, -0.2) is 14.8 Å². The lowest BCUT2D eigenvalue weighted by Crippen LogP contribution is -2.48. The number of hydrogen-bond acceptors (Lipinski definition) is 7. The Hall–Kier alpha value is -3.85. The van der Waals surface area contributed by atoms with Crippen LogP contribution in [0.3, 0.4) is 0 Å². The molecule has 1 unspecified atom stereocenters. The summed E-state index contributed by atoms with van der Waals surface area (Å²) in [4.78, 5) is 23.6. The molecule has 0 radical (unpaired) electrons. The summed E-state index contributed by atoms with van der Waals surface area (Å²) in [5.41, 5.74) is 1.10. The van der Waals surface area contributed by atoms with Crippen LogP contribution in [-0.4, -0.2) is 73.4 Å². The van der Waals surface area contributed by atoms with E-state index in [1.807, 2.05) is 47.4 Å². The molecule has 9 heteroatoms. The summed E-state index contributed by atoms with van der Waals surface area (Å²) in [6, 6.07) is 12.6. The minimum atomic E-state index is -1.05. The second-order valence-corrected chi connectivity index (χ2v) is 7.62. The highest BCUT2D eigenvalue weighted by molar-refractivity contribution is 5.86. The molecule has 3 N–H and O–H groups in total. The van der Waals surface area contributed by atoms with E-state index in [4.69, 9.17) is 5.11 Å². The average Bonchev–Trinajstić information content (AvgIpc) is 3.15. The van der Waals surface area contributed by atoms with E-state index in [1.54, 1.807) is 0 Å². The Morgan fingerprint density at radius 2 is 1.59 bits per heavy atom. The van der Waals surface area contributed by atoms with Gasteiger partial charge in [-0.15, -0.1) is 0 Å². The molecule has 9 nitrogen and oxygen atoms in total. The monoisotopic (exact) mass is 435 g/mol. The van der Waals surface area contributed by atoms with E-state index < -0.39 is 5.97 Å². The molecule has 1 aliphatic rings. The molecule has 1 fully saturated rings. The van der Waals surface area contributed by atoms with Gasteiger partial charge in [0.15, 0.2) is 11.8 Å². The number of nitrogens with zero attached hydrogens (tertiary/aromatic N) is 5.